The van der Waals surface area contributed by atoms with E-state index < -0.39 is 6.04 Å². The number of likely N-dealkylation sites (tertiary alicyclic amines) is 1. The third kappa shape index (κ3) is 4.40. The molecule has 2 aliphatic rings. The molecular weight excluding hydrogens is 420 g/mol. The second-order valence-electron chi connectivity index (χ2n) is 8.42. The van der Waals surface area contributed by atoms with Crippen LogP contribution in [0.25, 0.3) is 0 Å². The second kappa shape index (κ2) is 9.17. The Hall–Kier alpha value is -3.49. The van der Waals surface area contributed by atoms with Crippen LogP contribution in [0.3, 0.4) is 0 Å². The molecule has 1 atom stereocenters. The zero-order valence-corrected chi connectivity index (χ0v) is 18.2. The van der Waals surface area contributed by atoms with Gasteiger partial charge < -0.3 is 19.5 Å². The number of hydrogen-bond donors (Lipinski definition) is 2. The highest BCUT2D eigenvalue weighted by Gasteiger charge is 2.43. The van der Waals surface area contributed by atoms with E-state index in [4.69, 9.17) is 9.26 Å². The number of nitrogens with one attached hydrogen (secondary N) is 2. The Morgan fingerprint density at radius 1 is 1.03 bits per heavy atom. The van der Waals surface area contributed by atoms with Crippen molar-refractivity contribution in [3.8, 4) is 0 Å². The van der Waals surface area contributed by atoms with E-state index in [9.17, 15) is 9.59 Å². The van der Waals surface area contributed by atoms with Gasteiger partial charge in [0.2, 0.25) is 11.8 Å². The number of ether oxygens (including phenoxy) is 1. The van der Waals surface area contributed by atoms with E-state index in [1.807, 2.05) is 47.4 Å². The largest absolute Gasteiger partial charge is 0.365 e. The average molecular weight is 447 g/mol. The van der Waals surface area contributed by atoms with Crippen LogP contribution in [-0.2, 0) is 26.5 Å². The van der Waals surface area contributed by atoms with Crippen molar-refractivity contribution in [3.05, 3.63) is 83.6 Å². The fourth-order valence-electron chi connectivity index (χ4n) is 4.70. The zero-order chi connectivity index (χ0) is 22.7. The quantitative estimate of drug-likeness (QED) is 0.604. The van der Waals surface area contributed by atoms with E-state index >= 15 is 0 Å². The highest BCUT2D eigenvalue weighted by Crippen LogP contribution is 2.43. The summed E-state index contributed by atoms with van der Waals surface area (Å²) in [6.45, 7) is 1.92. The van der Waals surface area contributed by atoms with Crippen LogP contribution in [-0.4, -0.2) is 41.5 Å². The van der Waals surface area contributed by atoms with Crippen molar-refractivity contribution < 1.29 is 18.8 Å². The van der Waals surface area contributed by atoms with Crippen molar-refractivity contribution >= 4 is 17.6 Å². The number of amides is 2. The normalized spacial score (nSPS) is 17.5. The first-order valence-electron chi connectivity index (χ1n) is 11.1. The molecule has 1 fully saturated rings. The minimum Gasteiger partial charge on any atom is -0.365 e. The van der Waals surface area contributed by atoms with Crippen LogP contribution >= 0.6 is 0 Å². The van der Waals surface area contributed by atoms with Gasteiger partial charge in [0.25, 0.3) is 0 Å². The molecule has 3 heterocycles. The third-order valence-corrected chi connectivity index (χ3v) is 6.48. The number of carbonyl (C=O) groups excluding carboxylic acids is 2. The van der Waals surface area contributed by atoms with Gasteiger partial charge in [-0.3, -0.25) is 14.9 Å². The molecule has 3 aromatic rings. The Bertz CT molecular complexity index is 1110. The maximum atomic E-state index is 13.0. The maximum Gasteiger partial charge on any atom is 0.247 e. The van der Waals surface area contributed by atoms with Crippen molar-refractivity contribution in [2.45, 2.75) is 31.1 Å². The number of benzene rings is 2. The van der Waals surface area contributed by atoms with E-state index in [2.05, 4.69) is 27.9 Å². The van der Waals surface area contributed by atoms with Gasteiger partial charge in [0.05, 0.1) is 18.8 Å². The summed E-state index contributed by atoms with van der Waals surface area (Å²) in [5, 5.41) is 9.58. The number of nitrogens with zero attached hydrogens (tertiary/aromatic N) is 2. The minimum atomic E-state index is -0.701. The van der Waals surface area contributed by atoms with Crippen LogP contribution in [0.4, 0.5) is 5.82 Å². The molecule has 2 amide bonds. The van der Waals surface area contributed by atoms with Crippen molar-refractivity contribution in [3.63, 3.8) is 0 Å². The molecule has 0 saturated carbocycles. The number of anilines is 1. The van der Waals surface area contributed by atoms with Gasteiger partial charge in [-0.1, -0.05) is 59.8 Å². The summed E-state index contributed by atoms with van der Waals surface area (Å²) >= 11 is 0. The van der Waals surface area contributed by atoms with Crippen molar-refractivity contribution in [2.75, 3.05) is 25.0 Å². The number of fused-ring (bicyclic) bond motifs is 2. The zero-order valence-electron chi connectivity index (χ0n) is 18.2. The van der Waals surface area contributed by atoms with E-state index in [1.54, 1.807) is 6.07 Å². The minimum absolute atomic E-state index is 0.0358. The lowest BCUT2D eigenvalue weighted by atomic mass is 9.84. The lowest BCUT2D eigenvalue weighted by Crippen LogP contribution is -2.48. The molecule has 2 aliphatic heterocycles. The fourth-order valence-corrected chi connectivity index (χ4v) is 4.70. The third-order valence-electron chi connectivity index (χ3n) is 6.48. The van der Waals surface area contributed by atoms with Gasteiger partial charge in [0.15, 0.2) is 5.82 Å². The summed E-state index contributed by atoms with van der Waals surface area (Å²) in [5.41, 5.74) is 2.97. The van der Waals surface area contributed by atoms with E-state index in [0.717, 1.165) is 18.4 Å². The molecule has 170 valence electrons. The molecule has 5 rings (SSSR count). The van der Waals surface area contributed by atoms with E-state index in [1.165, 1.54) is 17.4 Å². The topological polar surface area (TPSA) is 96.7 Å². The molecule has 0 unspecified atom stereocenters. The summed E-state index contributed by atoms with van der Waals surface area (Å²) in [4.78, 5) is 27.7. The maximum absolute atomic E-state index is 13.0. The first-order chi connectivity index (χ1) is 16.1. The van der Waals surface area contributed by atoms with Crippen LogP contribution in [0, 0.1) is 0 Å². The van der Waals surface area contributed by atoms with Gasteiger partial charge in [0.1, 0.15) is 12.3 Å². The molecule has 33 heavy (non-hydrogen) atoms. The van der Waals surface area contributed by atoms with Gasteiger partial charge in [0, 0.05) is 19.2 Å². The summed E-state index contributed by atoms with van der Waals surface area (Å²) in [7, 11) is 0. The molecule has 8 nitrogen and oxygen atoms in total. The van der Waals surface area contributed by atoms with Crippen LogP contribution in [0.15, 0.2) is 71.4 Å². The molecule has 8 heteroatoms. The molecule has 0 radical (unpaired) electrons. The fraction of sp³-hybridized carbons (Fsp3) is 0.320. The van der Waals surface area contributed by atoms with Gasteiger partial charge in [-0.25, -0.2) is 0 Å². The van der Waals surface area contributed by atoms with Gasteiger partial charge in [-0.15, -0.1) is 0 Å². The Labute approximate surface area is 191 Å². The van der Waals surface area contributed by atoms with Gasteiger partial charge in [-0.05, 0) is 29.5 Å². The molecule has 2 aromatic carbocycles. The molecule has 1 spiro atoms. The molecule has 0 bridgehead atoms. The highest BCUT2D eigenvalue weighted by molar-refractivity contribution is 5.95. The monoisotopic (exact) mass is 446 g/mol. The van der Waals surface area contributed by atoms with Crippen molar-refractivity contribution in [1.82, 2.24) is 15.4 Å². The van der Waals surface area contributed by atoms with Crippen LogP contribution < -0.4 is 10.6 Å². The standard InChI is InChI=1S/C25H26N4O4/c30-22(29-13-11-25(12-14-29)20-9-5-4-8-19(20)17-32-25)16-26-23(18-6-2-1-3-7-18)24(31)27-21-10-15-33-28-21/h1-10,15,23,26H,11-14,16-17H2,(H,27,28,31)/t23-/m1/s1. The van der Waals surface area contributed by atoms with E-state index in [-0.39, 0.29) is 24.0 Å². The average Bonchev–Trinajstić information content (AvgIpc) is 3.49. The van der Waals surface area contributed by atoms with Crippen molar-refractivity contribution in [1.29, 1.82) is 0 Å². The smallest absolute Gasteiger partial charge is 0.247 e. The number of carbonyl (C=O) groups is 2. The van der Waals surface area contributed by atoms with Crippen LogP contribution in [0.5, 0.6) is 0 Å². The summed E-state index contributed by atoms with van der Waals surface area (Å²) in [6.07, 6.45) is 2.93. The summed E-state index contributed by atoms with van der Waals surface area (Å²) < 4.78 is 11.0. The lowest BCUT2D eigenvalue weighted by molar-refractivity contribution is -0.137. The first-order valence-corrected chi connectivity index (χ1v) is 11.1. The van der Waals surface area contributed by atoms with Gasteiger partial charge >= 0.3 is 0 Å². The first kappa shape index (κ1) is 21.4. The predicted molar refractivity (Wildman–Crippen MR) is 121 cm³/mol. The number of rotatable bonds is 6. The van der Waals surface area contributed by atoms with Crippen molar-refractivity contribution in [2.24, 2.45) is 0 Å². The van der Waals surface area contributed by atoms with Gasteiger partial charge in [-0.2, -0.15) is 0 Å². The SMILES string of the molecule is O=C(Nc1ccon1)[C@H](NCC(=O)N1CCC2(CC1)OCc1ccccc12)c1ccccc1. The molecule has 1 saturated heterocycles. The molecule has 2 N–H and O–H groups in total. The lowest BCUT2D eigenvalue weighted by Gasteiger charge is -2.39. The number of piperidine rings is 1. The second-order valence-corrected chi connectivity index (χ2v) is 8.42. The summed E-state index contributed by atoms with van der Waals surface area (Å²) in [5.74, 6) is -0.0185. The molecule has 0 aliphatic carbocycles. The number of hydrogen-bond acceptors (Lipinski definition) is 6. The Morgan fingerprint density at radius 2 is 1.79 bits per heavy atom. The van der Waals surface area contributed by atoms with Crippen LogP contribution in [0.1, 0.15) is 35.6 Å². The van der Waals surface area contributed by atoms with E-state index in [0.29, 0.717) is 25.5 Å². The predicted octanol–water partition coefficient (Wildman–Crippen LogP) is 2.99. The Morgan fingerprint density at radius 3 is 2.55 bits per heavy atom. The molecular formula is C25H26N4O4. The Kier molecular flexibility index (Phi) is 5.93. The van der Waals surface area contributed by atoms with Crippen LogP contribution in [0.2, 0.25) is 0 Å². The Balaban J connectivity index is 1.21. The number of aromatic nitrogens is 1. The summed E-state index contributed by atoms with van der Waals surface area (Å²) in [6, 6.07) is 18.5. The molecule has 1 aromatic heterocycles. The highest BCUT2D eigenvalue weighted by atomic mass is 16.5.